The predicted molar refractivity (Wildman–Crippen MR) is 76.1 cm³/mol. The van der Waals surface area contributed by atoms with Gasteiger partial charge < -0.3 is 9.80 Å². The fourth-order valence-electron chi connectivity index (χ4n) is 2.38. The Balaban J connectivity index is 2.11. The molecule has 0 spiro atoms. The Bertz CT molecular complexity index is 443. The van der Waals surface area contributed by atoms with Crippen molar-refractivity contribution in [1.82, 2.24) is 9.88 Å². The molecule has 4 nitrogen and oxygen atoms in total. The van der Waals surface area contributed by atoms with Crippen LogP contribution in [0.5, 0.6) is 0 Å². The van der Waals surface area contributed by atoms with Gasteiger partial charge in [-0.3, -0.25) is 4.79 Å². The van der Waals surface area contributed by atoms with Gasteiger partial charge in [0, 0.05) is 19.1 Å². The van der Waals surface area contributed by atoms with E-state index < -0.39 is 0 Å². The van der Waals surface area contributed by atoms with E-state index >= 15 is 0 Å². The molecule has 1 aromatic rings. The molecule has 0 aromatic carbocycles. The molecule has 1 heterocycles. The van der Waals surface area contributed by atoms with Crippen LogP contribution in [0.4, 0.5) is 5.13 Å². The van der Waals surface area contributed by atoms with E-state index in [-0.39, 0.29) is 5.54 Å². The molecule has 0 saturated heterocycles. The molecular formula is C12H18ClN3OS. The Morgan fingerprint density at radius 1 is 1.44 bits per heavy atom. The zero-order valence-corrected chi connectivity index (χ0v) is 12.5. The first kappa shape index (κ1) is 13.8. The topological polar surface area (TPSA) is 36.4 Å². The Kier molecular flexibility index (Phi) is 3.94. The van der Waals surface area contributed by atoms with Crippen LogP contribution in [0.15, 0.2) is 0 Å². The number of carbonyl (C=O) groups is 1. The number of halogens is 1. The summed E-state index contributed by atoms with van der Waals surface area (Å²) >= 11 is 7.25. The normalized spacial score (nSPS) is 17.6. The van der Waals surface area contributed by atoms with Crippen LogP contribution in [0.1, 0.15) is 28.9 Å². The molecule has 1 saturated carbocycles. The smallest absolute Gasteiger partial charge is 0.187 e. The molecule has 1 aromatic heterocycles. The lowest BCUT2D eigenvalue weighted by atomic mass is 9.75. The highest BCUT2D eigenvalue weighted by Gasteiger charge is 2.40. The van der Waals surface area contributed by atoms with Crippen LogP contribution in [-0.2, 0) is 0 Å². The molecule has 0 bridgehead atoms. The van der Waals surface area contributed by atoms with Crippen LogP contribution in [0.2, 0.25) is 5.15 Å². The van der Waals surface area contributed by atoms with Crippen molar-refractivity contribution < 1.29 is 4.79 Å². The molecule has 0 amide bonds. The van der Waals surface area contributed by atoms with E-state index in [4.69, 9.17) is 11.6 Å². The number of thiazole rings is 1. The minimum absolute atomic E-state index is 0.244. The van der Waals surface area contributed by atoms with Gasteiger partial charge in [0.05, 0.1) is 0 Å². The highest BCUT2D eigenvalue weighted by molar-refractivity contribution is 7.17. The van der Waals surface area contributed by atoms with E-state index in [1.807, 2.05) is 7.05 Å². The first-order chi connectivity index (χ1) is 8.48. The van der Waals surface area contributed by atoms with Crippen molar-refractivity contribution in [3.05, 3.63) is 10.0 Å². The number of carbonyl (C=O) groups excluding carboxylic acids is 1. The van der Waals surface area contributed by atoms with Crippen molar-refractivity contribution in [2.24, 2.45) is 0 Å². The maximum Gasteiger partial charge on any atom is 0.187 e. The second kappa shape index (κ2) is 5.15. The maximum atomic E-state index is 10.8. The number of aldehydes is 1. The van der Waals surface area contributed by atoms with E-state index in [0.29, 0.717) is 10.0 Å². The summed E-state index contributed by atoms with van der Waals surface area (Å²) in [5.74, 6) is 0. The van der Waals surface area contributed by atoms with Crippen molar-refractivity contribution in [3.63, 3.8) is 0 Å². The highest BCUT2D eigenvalue weighted by atomic mass is 35.5. The van der Waals surface area contributed by atoms with Crippen molar-refractivity contribution in [2.45, 2.75) is 24.8 Å². The van der Waals surface area contributed by atoms with Gasteiger partial charge >= 0.3 is 0 Å². The summed E-state index contributed by atoms with van der Waals surface area (Å²) in [7, 11) is 6.25. The molecule has 100 valence electrons. The zero-order valence-electron chi connectivity index (χ0n) is 10.9. The molecule has 6 heteroatoms. The maximum absolute atomic E-state index is 10.8. The lowest BCUT2D eigenvalue weighted by molar-refractivity contribution is 0.0683. The Labute approximate surface area is 117 Å². The van der Waals surface area contributed by atoms with E-state index in [0.717, 1.165) is 18.0 Å². The lowest BCUT2D eigenvalue weighted by Crippen LogP contribution is -2.56. The van der Waals surface area contributed by atoms with Crippen LogP contribution in [0.3, 0.4) is 0 Å². The van der Waals surface area contributed by atoms with Gasteiger partial charge in [-0.25, -0.2) is 4.98 Å². The monoisotopic (exact) mass is 287 g/mol. The number of nitrogens with zero attached hydrogens (tertiary/aromatic N) is 3. The predicted octanol–water partition coefficient (Wildman–Crippen LogP) is 2.53. The number of rotatable bonds is 5. The molecule has 0 unspecified atom stereocenters. The molecule has 2 rings (SSSR count). The van der Waals surface area contributed by atoms with E-state index in [1.165, 1.54) is 30.6 Å². The molecule has 0 aliphatic heterocycles. The van der Waals surface area contributed by atoms with Crippen molar-refractivity contribution in [1.29, 1.82) is 0 Å². The second-order valence-corrected chi connectivity index (χ2v) is 6.46. The average molecular weight is 288 g/mol. The van der Waals surface area contributed by atoms with Gasteiger partial charge in [-0.15, -0.1) is 0 Å². The first-order valence-electron chi connectivity index (χ1n) is 5.98. The van der Waals surface area contributed by atoms with Crippen LogP contribution in [0.25, 0.3) is 0 Å². The van der Waals surface area contributed by atoms with Crippen LogP contribution in [0, 0.1) is 0 Å². The number of hydrogen-bond acceptors (Lipinski definition) is 5. The number of hydrogen-bond donors (Lipinski definition) is 0. The minimum atomic E-state index is 0.244. The molecule has 18 heavy (non-hydrogen) atoms. The van der Waals surface area contributed by atoms with E-state index in [2.05, 4.69) is 28.9 Å². The minimum Gasteiger partial charge on any atom is -0.349 e. The number of likely N-dealkylation sites (N-methyl/N-ethyl adjacent to an activating group) is 2. The molecular weight excluding hydrogens is 270 g/mol. The molecule has 1 aliphatic rings. The molecule has 1 fully saturated rings. The van der Waals surface area contributed by atoms with Crippen LogP contribution < -0.4 is 4.90 Å². The molecule has 0 radical (unpaired) electrons. The van der Waals surface area contributed by atoms with Gasteiger partial charge in [0.15, 0.2) is 16.6 Å². The van der Waals surface area contributed by atoms with Gasteiger partial charge in [-0.1, -0.05) is 22.9 Å². The number of anilines is 1. The van der Waals surface area contributed by atoms with Crippen LogP contribution in [-0.4, -0.2) is 49.4 Å². The second-order valence-electron chi connectivity index (χ2n) is 5.10. The van der Waals surface area contributed by atoms with Gasteiger partial charge in [0.25, 0.3) is 0 Å². The average Bonchev–Trinajstić information content (AvgIpc) is 2.64. The van der Waals surface area contributed by atoms with Gasteiger partial charge in [-0.2, -0.15) is 0 Å². The summed E-state index contributed by atoms with van der Waals surface area (Å²) in [4.78, 5) is 19.9. The van der Waals surface area contributed by atoms with E-state index in [1.54, 1.807) is 0 Å². The summed E-state index contributed by atoms with van der Waals surface area (Å²) in [6, 6.07) is 0. The Hall–Kier alpha value is -0.650. The fraction of sp³-hybridized carbons (Fsp3) is 0.667. The quantitative estimate of drug-likeness (QED) is 0.780. The van der Waals surface area contributed by atoms with Gasteiger partial charge in [0.1, 0.15) is 4.88 Å². The van der Waals surface area contributed by atoms with E-state index in [9.17, 15) is 4.79 Å². The standard InChI is InChI=1S/C12H18ClN3OS/c1-15(2)12(5-4-6-12)8-16(3)11-14-10(13)9(7-17)18-11/h7H,4-6,8H2,1-3H3. The highest BCUT2D eigenvalue weighted by Crippen LogP contribution is 2.38. The third-order valence-electron chi connectivity index (χ3n) is 3.80. The van der Waals surface area contributed by atoms with Crippen molar-refractivity contribution in [3.8, 4) is 0 Å². The zero-order chi connectivity index (χ0) is 13.3. The SMILES string of the molecule is CN(CC1(N(C)C)CCC1)c1nc(Cl)c(C=O)s1. The first-order valence-corrected chi connectivity index (χ1v) is 7.18. The molecule has 1 aliphatic carbocycles. The van der Waals surface area contributed by atoms with Gasteiger partial charge in [0.2, 0.25) is 0 Å². The summed E-state index contributed by atoms with van der Waals surface area (Å²) in [6.45, 7) is 0.919. The summed E-state index contributed by atoms with van der Waals surface area (Å²) in [6.07, 6.45) is 4.47. The third kappa shape index (κ3) is 2.39. The Morgan fingerprint density at radius 2 is 2.11 bits per heavy atom. The summed E-state index contributed by atoms with van der Waals surface area (Å²) in [5.41, 5.74) is 0.244. The molecule has 0 N–H and O–H groups in total. The number of aromatic nitrogens is 1. The summed E-state index contributed by atoms with van der Waals surface area (Å²) in [5, 5.41) is 1.12. The fourth-order valence-corrected chi connectivity index (χ4v) is 3.40. The van der Waals surface area contributed by atoms with Crippen molar-refractivity contribution in [2.75, 3.05) is 32.6 Å². The largest absolute Gasteiger partial charge is 0.349 e. The molecule has 0 atom stereocenters. The summed E-state index contributed by atoms with van der Waals surface area (Å²) < 4.78 is 0. The lowest BCUT2D eigenvalue weighted by Gasteiger charge is -2.49. The van der Waals surface area contributed by atoms with Crippen molar-refractivity contribution >= 4 is 34.4 Å². The Morgan fingerprint density at radius 3 is 2.50 bits per heavy atom. The van der Waals surface area contributed by atoms with Crippen LogP contribution >= 0.6 is 22.9 Å². The third-order valence-corrected chi connectivity index (χ3v) is 5.29. The van der Waals surface area contributed by atoms with Gasteiger partial charge in [-0.05, 0) is 33.4 Å².